The lowest BCUT2D eigenvalue weighted by Gasteiger charge is -2.06. The summed E-state index contributed by atoms with van der Waals surface area (Å²) in [6, 6.07) is 2.06. The normalized spacial score (nSPS) is 10.8. The van der Waals surface area contributed by atoms with E-state index in [4.69, 9.17) is 0 Å². The van der Waals surface area contributed by atoms with Crippen molar-refractivity contribution >= 4 is 11.3 Å². The van der Waals surface area contributed by atoms with Crippen LogP contribution in [-0.4, -0.2) is 9.97 Å². The van der Waals surface area contributed by atoms with Gasteiger partial charge in [0.15, 0.2) is 0 Å². The molecule has 0 aliphatic heterocycles. The average molecular weight is 248 g/mol. The quantitative estimate of drug-likeness (QED) is 0.907. The van der Waals surface area contributed by atoms with Gasteiger partial charge in [0.2, 0.25) is 0 Å². The number of nitrogens with zero attached hydrogens (tertiary/aromatic N) is 1. The molecule has 0 unspecified atom stereocenters. The van der Waals surface area contributed by atoms with Gasteiger partial charge in [-0.3, -0.25) is 4.79 Å². The Kier molecular flexibility index (Phi) is 3.43. The van der Waals surface area contributed by atoms with Crippen molar-refractivity contribution in [3.8, 4) is 10.6 Å². The van der Waals surface area contributed by atoms with E-state index in [9.17, 15) is 4.79 Å². The molecule has 2 aromatic heterocycles. The number of aryl methyl sites for hydroxylation is 2. The SMILES string of the molecule is CCCc1nc(-c2sccc2C)c(C)c(=O)[nH]1. The minimum absolute atomic E-state index is 0.0220. The molecule has 4 heteroatoms. The molecule has 17 heavy (non-hydrogen) atoms. The minimum atomic E-state index is -0.0220. The van der Waals surface area contributed by atoms with Crippen LogP contribution >= 0.6 is 11.3 Å². The Morgan fingerprint density at radius 3 is 2.76 bits per heavy atom. The summed E-state index contributed by atoms with van der Waals surface area (Å²) in [7, 11) is 0. The maximum Gasteiger partial charge on any atom is 0.254 e. The summed E-state index contributed by atoms with van der Waals surface area (Å²) in [5.41, 5.74) is 2.70. The van der Waals surface area contributed by atoms with Crippen molar-refractivity contribution in [1.29, 1.82) is 0 Å². The van der Waals surface area contributed by atoms with E-state index in [1.807, 2.05) is 19.2 Å². The van der Waals surface area contributed by atoms with Crippen molar-refractivity contribution in [3.05, 3.63) is 38.8 Å². The highest BCUT2D eigenvalue weighted by atomic mass is 32.1. The highest BCUT2D eigenvalue weighted by molar-refractivity contribution is 7.13. The lowest BCUT2D eigenvalue weighted by Crippen LogP contribution is -2.16. The van der Waals surface area contributed by atoms with Crippen LogP contribution in [0.15, 0.2) is 16.2 Å². The molecular weight excluding hydrogens is 232 g/mol. The summed E-state index contributed by atoms with van der Waals surface area (Å²) >= 11 is 1.64. The third-order valence-corrected chi connectivity index (χ3v) is 3.79. The average Bonchev–Trinajstić information content (AvgIpc) is 2.70. The third kappa shape index (κ3) is 2.31. The monoisotopic (exact) mass is 248 g/mol. The van der Waals surface area contributed by atoms with E-state index in [0.29, 0.717) is 5.56 Å². The first-order chi connectivity index (χ1) is 8.13. The van der Waals surface area contributed by atoms with Crippen molar-refractivity contribution < 1.29 is 0 Å². The molecule has 0 fully saturated rings. The van der Waals surface area contributed by atoms with Gasteiger partial charge in [0, 0.05) is 12.0 Å². The van der Waals surface area contributed by atoms with Crippen molar-refractivity contribution in [3.63, 3.8) is 0 Å². The Morgan fingerprint density at radius 2 is 2.18 bits per heavy atom. The third-order valence-electron chi connectivity index (χ3n) is 2.76. The van der Waals surface area contributed by atoms with Gasteiger partial charge in [0.25, 0.3) is 5.56 Å². The highest BCUT2D eigenvalue weighted by Crippen LogP contribution is 2.28. The number of nitrogens with one attached hydrogen (secondary N) is 1. The van der Waals surface area contributed by atoms with Crippen molar-refractivity contribution in [1.82, 2.24) is 9.97 Å². The summed E-state index contributed by atoms with van der Waals surface area (Å²) in [6.45, 7) is 5.96. The number of H-pyrrole nitrogens is 1. The molecule has 2 aromatic rings. The van der Waals surface area contributed by atoms with Gasteiger partial charge in [0.05, 0.1) is 10.6 Å². The van der Waals surface area contributed by atoms with Gasteiger partial charge in [0.1, 0.15) is 5.82 Å². The molecule has 90 valence electrons. The second-order valence-corrected chi connectivity index (χ2v) is 5.09. The lowest BCUT2D eigenvalue weighted by molar-refractivity contribution is 0.823. The first kappa shape index (κ1) is 12.0. The molecule has 0 bridgehead atoms. The van der Waals surface area contributed by atoms with E-state index >= 15 is 0 Å². The van der Waals surface area contributed by atoms with E-state index in [0.717, 1.165) is 29.2 Å². The van der Waals surface area contributed by atoms with Crippen molar-refractivity contribution in [2.24, 2.45) is 0 Å². The van der Waals surface area contributed by atoms with Gasteiger partial charge in [-0.25, -0.2) is 4.98 Å². The van der Waals surface area contributed by atoms with Gasteiger partial charge in [-0.1, -0.05) is 6.92 Å². The van der Waals surface area contributed by atoms with E-state index in [1.165, 1.54) is 5.56 Å². The molecule has 0 aliphatic rings. The van der Waals surface area contributed by atoms with Gasteiger partial charge < -0.3 is 4.98 Å². The minimum Gasteiger partial charge on any atom is -0.310 e. The second-order valence-electron chi connectivity index (χ2n) is 4.17. The zero-order valence-corrected chi connectivity index (χ0v) is 11.1. The lowest BCUT2D eigenvalue weighted by atomic mass is 10.1. The van der Waals surface area contributed by atoms with E-state index in [2.05, 4.69) is 23.0 Å². The van der Waals surface area contributed by atoms with Crippen LogP contribution in [0.1, 0.15) is 30.3 Å². The van der Waals surface area contributed by atoms with Crippen molar-refractivity contribution in [2.45, 2.75) is 33.6 Å². The molecule has 2 heterocycles. The van der Waals surface area contributed by atoms with Crippen LogP contribution in [0.2, 0.25) is 0 Å². The molecule has 2 rings (SSSR count). The van der Waals surface area contributed by atoms with Gasteiger partial charge in [-0.05, 0) is 37.3 Å². The molecular formula is C13H16N2OS. The zero-order valence-electron chi connectivity index (χ0n) is 10.3. The van der Waals surface area contributed by atoms with E-state index < -0.39 is 0 Å². The van der Waals surface area contributed by atoms with Crippen LogP contribution in [0.4, 0.5) is 0 Å². The Labute approximate surface area is 105 Å². The van der Waals surface area contributed by atoms with E-state index in [1.54, 1.807) is 11.3 Å². The fraction of sp³-hybridized carbons (Fsp3) is 0.385. The number of hydrogen-bond acceptors (Lipinski definition) is 3. The molecule has 0 radical (unpaired) electrons. The summed E-state index contributed by atoms with van der Waals surface area (Å²) in [4.78, 5) is 20.4. The standard InChI is InChI=1S/C13H16N2OS/c1-4-5-10-14-11(9(3)13(16)15-10)12-8(2)6-7-17-12/h6-7H,4-5H2,1-3H3,(H,14,15,16). The molecule has 0 spiro atoms. The molecule has 0 atom stereocenters. The van der Waals surface area contributed by atoms with E-state index in [-0.39, 0.29) is 5.56 Å². The first-order valence-electron chi connectivity index (χ1n) is 5.77. The molecule has 0 saturated heterocycles. The topological polar surface area (TPSA) is 45.8 Å². The second kappa shape index (κ2) is 4.84. The Bertz CT molecular complexity index is 583. The Morgan fingerprint density at radius 1 is 1.41 bits per heavy atom. The molecule has 0 amide bonds. The number of thiophene rings is 1. The maximum atomic E-state index is 11.9. The van der Waals surface area contributed by atoms with Gasteiger partial charge in [-0.2, -0.15) is 0 Å². The Balaban J connectivity index is 2.61. The van der Waals surface area contributed by atoms with Crippen LogP contribution in [-0.2, 0) is 6.42 Å². The largest absolute Gasteiger partial charge is 0.310 e. The molecule has 0 saturated carbocycles. The fourth-order valence-electron chi connectivity index (χ4n) is 1.77. The smallest absolute Gasteiger partial charge is 0.254 e. The molecule has 3 nitrogen and oxygen atoms in total. The summed E-state index contributed by atoms with van der Waals surface area (Å²) < 4.78 is 0. The molecule has 1 N–H and O–H groups in total. The van der Waals surface area contributed by atoms with Crippen LogP contribution in [0.5, 0.6) is 0 Å². The summed E-state index contributed by atoms with van der Waals surface area (Å²) in [6.07, 6.45) is 1.79. The zero-order chi connectivity index (χ0) is 12.4. The number of aromatic amines is 1. The number of hydrogen-bond donors (Lipinski definition) is 1. The van der Waals surface area contributed by atoms with Crippen LogP contribution in [0.25, 0.3) is 10.6 Å². The van der Waals surface area contributed by atoms with Gasteiger partial charge in [-0.15, -0.1) is 11.3 Å². The highest BCUT2D eigenvalue weighted by Gasteiger charge is 2.12. The molecule has 0 aliphatic carbocycles. The summed E-state index contributed by atoms with van der Waals surface area (Å²) in [5.74, 6) is 0.783. The predicted octanol–water partition coefficient (Wildman–Crippen LogP) is 3.07. The maximum absolute atomic E-state index is 11.9. The summed E-state index contributed by atoms with van der Waals surface area (Å²) in [5, 5.41) is 2.03. The number of aromatic nitrogens is 2. The van der Waals surface area contributed by atoms with Crippen LogP contribution in [0, 0.1) is 13.8 Å². The Hall–Kier alpha value is -1.42. The van der Waals surface area contributed by atoms with Gasteiger partial charge >= 0.3 is 0 Å². The molecule has 0 aromatic carbocycles. The number of rotatable bonds is 3. The fourth-order valence-corrected chi connectivity index (χ4v) is 2.74. The first-order valence-corrected chi connectivity index (χ1v) is 6.65. The predicted molar refractivity (Wildman–Crippen MR) is 71.6 cm³/mol. The van der Waals surface area contributed by atoms with Crippen LogP contribution < -0.4 is 5.56 Å². The van der Waals surface area contributed by atoms with Crippen LogP contribution in [0.3, 0.4) is 0 Å². The van der Waals surface area contributed by atoms with Crippen molar-refractivity contribution in [2.75, 3.05) is 0 Å².